The molecule has 1 aliphatic heterocycles. The first-order valence-electron chi connectivity index (χ1n) is 11.4. The van der Waals surface area contributed by atoms with Gasteiger partial charge < -0.3 is 10.6 Å². The number of aromatic nitrogens is 2. The molecule has 1 amide bonds. The number of para-hydroxylation sites is 1. The minimum absolute atomic E-state index is 0.0256. The molecule has 7 heteroatoms. The highest BCUT2D eigenvalue weighted by molar-refractivity contribution is 5.93. The van der Waals surface area contributed by atoms with Gasteiger partial charge in [-0.05, 0) is 67.7 Å². The van der Waals surface area contributed by atoms with Crippen LogP contribution >= 0.6 is 0 Å². The number of pyridine rings is 2. The third kappa shape index (κ3) is 6.14. The summed E-state index contributed by atoms with van der Waals surface area (Å²) in [6.07, 6.45) is 3.07. The molecule has 33 heavy (non-hydrogen) atoms. The van der Waals surface area contributed by atoms with Gasteiger partial charge in [-0.2, -0.15) is 0 Å². The Balaban J connectivity index is 1.30. The summed E-state index contributed by atoms with van der Waals surface area (Å²) >= 11 is 0. The predicted octanol–water partition coefficient (Wildman–Crippen LogP) is 5.30. The SMILES string of the molecule is CC(C)c1ccccc1NC(=O)CN1CCC(c2cccc(Nc3ccc(F)cn3)n2)CC1. The second-order valence-corrected chi connectivity index (χ2v) is 8.77. The number of piperidine rings is 1. The van der Waals surface area contributed by atoms with Crippen molar-refractivity contribution in [3.63, 3.8) is 0 Å². The number of benzene rings is 1. The Hall–Kier alpha value is -3.32. The summed E-state index contributed by atoms with van der Waals surface area (Å²) in [6.45, 7) is 6.35. The van der Waals surface area contributed by atoms with Crippen LogP contribution in [0.2, 0.25) is 0 Å². The summed E-state index contributed by atoms with van der Waals surface area (Å²) in [4.78, 5) is 23.6. The highest BCUT2D eigenvalue weighted by Crippen LogP contribution is 2.28. The highest BCUT2D eigenvalue weighted by atomic mass is 19.1. The fraction of sp³-hybridized carbons (Fsp3) is 0.346. The molecule has 0 saturated carbocycles. The lowest BCUT2D eigenvalue weighted by Gasteiger charge is -2.31. The van der Waals surface area contributed by atoms with E-state index in [-0.39, 0.29) is 11.7 Å². The normalized spacial score (nSPS) is 14.9. The molecule has 1 aliphatic rings. The lowest BCUT2D eigenvalue weighted by Crippen LogP contribution is -2.39. The number of anilines is 3. The smallest absolute Gasteiger partial charge is 0.238 e. The summed E-state index contributed by atoms with van der Waals surface area (Å²) in [5.74, 6) is 1.60. The molecule has 4 rings (SSSR count). The zero-order valence-corrected chi connectivity index (χ0v) is 19.1. The first-order chi connectivity index (χ1) is 16.0. The fourth-order valence-corrected chi connectivity index (χ4v) is 4.22. The van der Waals surface area contributed by atoms with Crippen molar-refractivity contribution in [2.45, 2.75) is 38.5 Å². The van der Waals surface area contributed by atoms with E-state index in [0.717, 1.165) is 42.9 Å². The minimum atomic E-state index is -0.369. The Morgan fingerprint density at radius 1 is 1.06 bits per heavy atom. The summed E-state index contributed by atoms with van der Waals surface area (Å²) in [7, 11) is 0. The van der Waals surface area contributed by atoms with E-state index in [2.05, 4.69) is 40.4 Å². The van der Waals surface area contributed by atoms with Crippen LogP contribution in [-0.4, -0.2) is 40.4 Å². The van der Waals surface area contributed by atoms with Crippen LogP contribution in [0, 0.1) is 5.82 Å². The Kier molecular flexibility index (Phi) is 7.29. The van der Waals surface area contributed by atoms with Gasteiger partial charge in [0, 0.05) is 17.3 Å². The number of hydrogen-bond acceptors (Lipinski definition) is 5. The lowest BCUT2D eigenvalue weighted by atomic mass is 9.93. The average Bonchev–Trinajstić information content (AvgIpc) is 2.81. The lowest BCUT2D eigenvalue weighted by molar-refractivity contribution is -0.117. The van der Waals surface area contributed by atoms with Gasteiger partial charge in [0.2, 0.25) is 5.91 Å². The first-order valence-corrected chi connectivity index (χ1v) is 11.4. The van der Waals surface area contributed by atoms with Crippen molar-refractivity contribution < 1.29 is 9.18 Å². The summed E-state index contributed by atoms with van der Waals surface area (Å²) in [6, 6.07) is 16.8. The third-order valence-electron chi connectivity index (χ3n) is 5.98. The molecule has 2 N–H and O–H groups in total. The van der Waals surface area contributed by atoms with E-state index in [4.69, 9.17) is 4.98 Å². The van der Waals surface area contributed by atoms with Gasteiger partial charge in [-0.25, -0.2) is 14.4 Å². The van der Waals surface area contributed by atoms with E-state index >= 15 is 0 Å². The molecule has 6 nitrogen and oxygen atoms in total. The van der Waals surface area contributed by atoms with Crippen LogP contribution in [0.4, 0.5) is 21.7 Å². The largest absolute Gasteiger partial charge is 0.325 e. The molecular formula is C26H30FN5O. The molecule has 0 atom stereocenters. The van der Waals surface area contributed by atoms with Gasteiger partial charge in [0.15, 0.2) is 0 Å². The molecule has 0 unspecified atom stereocenters. The zero-order valence-electron chi connectivity index (χ0n) is 19.1. The van der Waals surface area contributed by atoms with Crippen molar-refractivity contribution in [1.82, 2.24) is 14.9 Å². The van der Waals surface area contributed by atoms with Crippen LogP contribution in [-0.2, 0) is 4.79 Å². The molecule has 0 aliphatic carbocycles. The molecule has 1 aromatic carbocycles. The van der Waals surface area contributed by atoms with Gasteiger partial charge in [-0.15, -0.1) is 0 Å². The third-order valence-corrected chi connectivity index (χ3v) is 5.98. The van der Waals surface area contributed by atoms with Gasteiger partial charge in [0.25, 0.3) is 0 Å². The van der Waals surface area contributed by atoms with Crippen LogP contribution in [0.5, 0.6) is 0 Å². The summed E-state index contributed by atoms with van der Waals surface area (Å²) in [5.41, 5.74) is 3.08. The van der Waals surface area contributed by atoms with E-state index < -0.39 is 0 Å². The minimum Gasteiger partial charge on any atom is -0.325 e. The fourth-order valence-electron chi connectivity index (χ4n) is 4.22. The van der Waals surface area contributed by atoms with Crippen LogP contribution in [0.25, 0.3) is 0 Å². The van der Waals surface area contributed by atoms with Crippen molar-refractivity contribution in [3.8, 4) is 0 Å². The topological polar surface area (TPSA) is 70.2 Å². The molecule has 0 radical (unpaired) electrons. The van der Waals surface area contributed by atoms with Crippen molar-refractivity contribution in [2.75, 3.05) is 30.3 Å². The molecule has 0 spiro atoms. The van der Waals surface area contributed by atoms with Gasteiger partial charge in [-0.1, -0.05) is 38.1 Å². The number of rotatable bonds is 7. The Morgan fingerprint density at radius 3 is 2.58 bits per heavy atom. The average molecular weight is 448 g/mol. The summed E-state index contributed by atoms with van der Waals surface area (Å²) in [5, 5.41) is 6.21. The van der Waals surface area contributed by atoms with E-state index in [9.17, 15) is 9.18 Å². The van der Waals surface area contributed by atoms with E-state index in [1.165, 1.54) is 12.3 Å². The van der Waals surface area contributed by atoms with Crippen molar-refractivity contribution >= 4 is 23.2 Å². The second kappa shape index (κ2) is 10.5. The number of carbonyl (C=O) groups is 1. The maximum Gasteiger partial charge on any atom is 0.238 e. The first kappa shape index (κ1) is 22.9. The number of carbonyl (C=O) groups excluding carboxylic acids is 1. The second-order valence-electron chi connectivity index (χ2n) is 8.77. The van der Waals surface area contributed by atoms with E-state index in [0.29, 0.717) is 30.0 Å². The van der Waals surface area contributed by atoms with Gasteiger partial charge >= 0.3 is 0 Å². The number of halogens is 1. The number of likely N-dealkylation sites (tertiary alicyclic amines) is 1. The van der Waals surface area contributed by atoms with E-state index in [1.807, 2.05) is 36.4 Å². The van der Waals surface area contributed by atoms with E-state index in [1.54, 1.807) is 6.07 Å². The molecule has 1 saturated heterocycles. The zero-order chi connectivity index (χ0) is 23.2. The molecule has 172 valence electrons. The number of hydrogen-bond donors (Lipinski definition) is 2. The number of nitrogens with one attached hydrogen (secondary N) is 2. The maximum atomic E-state index is 13.1. The Morgan fingerprint density at radius 2 is 1.85 bits per heavy atom. The quantitative estimate of drug-likeness (QED) is 0.514. The van der Waals surface area contributed by atoms with Crippen LogP contribution in [0.15, 0.2) is 60.8 Å². The predicted molar refractivity (Wildman–Crippen MR) is 129 cm³/mol. The van der Waals surface area contributed by atoms with Crippen molar-refractivity contribution in [3.05, 3.63) is 77.9 Å². The molecular weight excluding hydrogens is 417 g/mol. The van der Waals surface area contributed by atoms with Crippen LogP contribution < -0.4 is 10.6 Å². The molecule has 1 fully saturated rings. The van der Waals surface area contributed by atoms with Gasteiger partial charge in [-0.3, -0.25) is 9.69 Å². The van der Waals surface area contributed by atoms with Crippen LogP contribution in [0.1, 0.15) is 49.8 Å². The Bertz CT molecular complexity index is 1080. The van der Waals surface area contributed by atoms with Crippen LogP contribution in [0.3, 0.4) is 0 Å². The van der Waals surface area contributed by atoms with Crippen molar-refractivity contribution in [2.24, 2.45) is 0 Å². The van der Waals surface area contributed by atoms with Crippen molar-refractivity contribution in [1.29, 1.82) is 0 Å². The maximum absolute atomic E-state index is 13.1. The monoisotopic (exact) mass is 447 g/mol. The standard InChI is InChI=1S/C26H30FN5O/c1-18(2)21-6-3-4-7-23(21)30-26(33)17-32-14-12-19(13-15-32)22-8-5-9-25(29-22)31-24-11-10-20(27)16-28-24/h3-11,16,18-19H,12-15,17H2,1-2H3,(H,30,33)(H,28,29,31). The highest BCUT2D eigenvalue weighted by Gasteiger charge is 2.23. The molecule has 3 aromatic rings. The number of nitrogens with zero attached hydrogens (tertiary/aromatic N) is 3. The molecule has 3 heterocycles. The number of amides is 1. The Labute approximate surface area is 194 Å². The molecule has 0 bridgehead atoms. The van der Waals surface area contributed by atoms with Gasteiger partial charge in [0.1, 0.15) is 17.5 Å². The van der Waals surface area contributed by atoms with Gasteiger partial charge in [0.05, 0.1) is 12.7 Å². The summed E-state index contributed by atoms with van der Waals surface area (Å²) < 4.78 is 13.1. The molecule has 2 aromatic heterocycles.